The van der Waals surface area contributed by atoms with Crippen molar-refractivity contribution in [2.45, 2.75) is 49.8 Å². The van der Waals surface area contributed by atoms with Gasteiger partial charge in [0.05, 0.1) is 12.0 Å². The van der Waals surface area contributed by atoms with Crippen LogP contribution < -0.4 is 11.1 Å². The first-order chi connectivity index (χ1) is 9.74. The van der Waals surface area contributed by atoms with Crippen LogP contribution in [0.1, 0.15) is 32.1 Å². The Morgan fingerprint density at radius 3 is 2.81 bits per heavy atom. The van der Waals surface area contributed by atoms with Crippen LogP contribution in [0.15, 0.2) is 0 Å². The molecule has 4 N–H and O–H groups in total. The third-order valence-corrected chi connectivity index (χ3v) is 5.35. The van der Waals surface area contributed by atoms with Gasteiger partial charge in [0.2, 0.25) is 5.91 Å². The summed E-state index contributed by atoms with van der Waals surface area (Å²) in [5.74, 6) is -0.463. The third kappa shape index (κ3) is 3.74. The molecular weight excluding hydrogens is 294 g/mol. The minimum Gasteiger partial charge on any atom is -0.390 e. The fourth-order valence-electron chi connectivity index (χ4n) is 3.67. The summed E-state index contributed by atoms with van der Waals surface area (Å²) < 4.78 is 22.1. The number of hydrogen-bond acceptors (Lipinski definition) is 6. The summed E-state index contributed by atoms with van der Waals surface area (Å²) in [4.78, 5) is 13.9. The van der Waals surface area contributed by atoms with Gasteiger partial charge < -0.3 is 16.2 Å². The maximum atomic E-state index is 11.9. The normalized spacial score (nSPS) is 31.2. The average Bonchev–Trinajstić information content (AvgIpc) is 2.57. The standard InChI is InChI=1S/C13H25N3O4S/c1-21(19,20)9-15-7-11(17)8-16-10-3-2-5-13(16,6-4-10)12(14)18/h10-11,15,17H,2-9H2,1H3,(H2,14,18)/t10-,11?,13+/m0/s1. The molecule has 1 unspecified atom stereocenters. The van der Waals surface area contributed by atoms with Gasteiger partial charge in [0.15, 0.2) is 9.84 Å². The van der Waals surface area contributed by atoms with E-state index >= 15 is 0 Å². The van der Waals surface area contributed by atoms with Gasteiger partial charge in [-0.1, -0.05) is 0 Å². The van der Waals surface area contributed by atoms with E-state index in [0.29, 0.717) is 12.6 Å². The van der Waals surface area contributed by atoms with Crippen LogP contribution in [0.5, 0.6) is 0 Å². The Kier molecular flexibility index (Phi) is 4.92. The number of rotatable bonds is 7. The highest BCUT2D eigenvalue weighted by Gasteiger charge is 2.52. The van der Waals surface area contributed by atoms with E-state index in [0.717, 1.165) is 38.4 Å². The van der Waals surface area contributed by atoms with Gasteiger partial charge in [-0.15, -0.1) is 0 Å². The number of amides is 1. The minimum absolute atomic E-state index is 0.158. The number of aliphatic hydroxyl groups is 1. The summed E-state index contributed by atoms with van der Waals surface area (Å²) in [6, 6.07) is 0.302. The summed E-state index contributed by atoms with van der Waals surface area (Å²) in [5, 5.41) is 12.8. The van der Waals surface area contributed by atoms with Gasteiger partial charge in [0.1, 0.15) is 5.54 Å². The van der Waals surface area contributed by atoms with E-state index in [1.54, 1.807) is 0 Å². The molecule has 8 heteroatoms. The molecule has 122 valence electrons. The third-order valence-electron chi connectivity index (χ3n) is 4.62. The minimum atomic E-state index is -3.10. The van der Waals surface area contributed by atoms with E-state index in [4.69, 9.17) is 5.73 Å². The molecule has 2 rings (SSSR count). The number of piperidine rings is 1. The molecule has 0 aliphatic carbocycles. The number of nitrogens with one attached hydrogen (secondary N) is 1. The highest BCUT2D eigenvalue weighted by molar-refractivity contribution is 7.90. The van der Waals surface area contributed by atoms with Crippen molar-refractivity contribution in [3.8, 4) is 0 Å². The van der Waals surface area contributed by atoms with Crippen LogP contribution in [0.2, 0.25) is 0 Å². The SMILES string of the molecule is CS(=O)(=O)CNCC(O)CN1[C@H]2CCC[C@]1(C(N)=O)CC2. The van der Waals surface area contributed by atoms with Gasteiger partial charge in [-0.25, -0.2) is 8.42 Å². The number of hydrogen-bond donors (Lipinski definition) is 3. The lowest BCUT2D eigenvalue weighted by atomic mass is 9.87. The summed E-state index contributed by atoms with van der Waals surface area (Å²) in [5.41, 5.74) is 5.00. The Morgan fingerprint density at radius 2 is 2.19 bits per heavy atom. The van der Waals surface area contributed by atoms with Gasteiger partial charge in [-0.3, -0.25) is 9.69 Å². The molecule has 0 aromatic carbocycles. The molecule has 2 aliphatic rings. The van der Waals surface area contributed by atoms with E-state index in [9.17, 15) is 18.3 Å². The lowest BCUT2D eigenvalue weighted by molar-refractivity contribution is -0.132. The zero-order chi connectivity index (χ0) is 15.7. The smallest absolute Gasteiger partial charge is 0.237 e. The van der Waals surface area contributed by atoms with Gasteiger partial charge in [0, 0.05) is 25.4 Å². The molecule has 3 atom stereocenters. The lowest BCUT2D eigenvalue weighted by Crippen LogP contribution is -2.60. The average molecular weight is 319 g/mol. The van der Waals surface area contributed by atoms with Crippen LogP contribution in [-0.4, -0.2) is 67.2 Å². The van der Waals surface area contributed by atoms with Crippen molar-refractivity contribution in [2.24, 2.45) is 5.73 Å². The van der Waals surface area contributed by atoms with Crippen molar-refractivity contribution in [1.29, 1.82) is 0 Å². The number of aliphatic hydroxyl groups excluding tert-OH is 1. The zero-order valence-electron chi connectivity index (χ0n) is 12.4. The van der Waals surface area contributed by atoms with Crippen LogP contribution in [0.3, 0.4) is 0 Å². The van der Waals surface area contributed by atoms with Crippen LogP contribution in [0.25, 0.3) is 0 Å². The van der Waals surface area contributed by atoms with Crippen LogP contribution >= 0.6 is 0 Å². The van der Waals surface area contributed by atoms with E-state index in [1.807, 2.05) is 4.90 Å². The van der Waals surface area contributed by atoms with Crippen molar-refractivity contribution in [1.82, 2.24) is 10.2 Å². The second kappa shape index (κ2) is 6.20. The predicted molar refractivity (Wildman–Crippen MR) is 79.2 cm³/mol. The lowest BCUT2D eigenvalue weighted by Gasteiger charge is -2.43. The molecule has 2 aliphatic heterocycles. The van der Waals surface area contributed by atoms with Crippen molar-refractivity contribution >= 4 is 15.7 Å². The largest absolute Gasteiger partial charge is 0.390 e. The first kappa shape index (κ1) is 16.7. The Hall–Kier alpha value is -0.700. The number of nitrogens with zero attached hydrogens (tertiary/aromatic N) is 1. The zero-order valence-corrected chi connectivity index (χ0v) is 13.2. The number of primary amides is 1. The molecule has 2 heterocycles. The highest BCUT2D eigenvalue weighted by Crippen LogP contribution is 2.43. The number of sulfone groups is 1. The van der Waals surface area contributed by atoms with Crippen LogP contribution in [0, 0.1) is 0 Å². The summed E-state index contributed by atoms with van der Waals surface area (Å²) in [6.45, 7) is 0.537. The molecule has 1 amide bonds. The van der Waals surface area contributed by atoms with Gasteiger partial charge in [-0.2, -0.15) is 0 Å². The van der Waals surface area contributed by atoms with E-state index in [2.05, 4.69) is 5.32 Å². The van der Waals surface area contributed by atoms with Gasteiger partial charge >= 0.3 is 0 Å². The fourth-order valence-corrected chi connectivity index (χ4v) is 4.16. The molecule has 0 aromatic rings. The molecule has 2 fully saturated rings. The first-order valence-electron chi connectivity index (χ1n) is 7.38. The Balaban J connectivity index is 1.93. The van der Waals surface area contributed by atoms with Crippen LogP contribution in [0.4, 0.5) is 0 Å². The fraction of sp³-hybridized carbons (Fsp3) is 0.923. The molecule has 7 nitrogen and oxygen atoms in total. The van der Waals surface area contributed by atoms with Gasteiger partial charge in [-0.05, 0) is 32.1 Å². The molecule has 0 aromatic heterocycles. The summed E-state index contributed by atoms with van der Waals surface area (Å²) in [6.07, 6.45) is 4.89. The maximum absolute atomic E-state index is 11.9. The second-order valence-electron chi connectivity index (χ2n) is 6.31. The molecule has 21 heavy (non-hydrogen) atoms. The van der Waals surface area contributed by atoms with Crippen LogP contribution in [-0.2, 0) is 14.6 Å². The summed E-state index contributed by atoms with van der Waals surface area (Å²) >= 11 is 0. The highest BCUT2D eigenvalue weighted by atomic mass is 32.2. The number of carbonyl (C=O) groups is 1. The Morgan fingerprint density at radius 1 is 1.48 bits per heavy atom. The number of nitrogens with two attached hydrogens (primary N) is 1. The number of fused-ring (bicyclic) bond motifs is 2. The maximum Gasteiger partial charge on any atom is 0.237 e. The predicted octanol–water partition coefficient (Wildman–Crippen LogP) is -1.19. The van der Waals surface area contributed by atoms with Gasteiger partial charge in [0.25, 0.3) is 0 Å². The number of carbonyl (C=O) groups excluding carboxylic acids is 1. The molecule has 0 radical (unpaired) electrons. The quantitative estimate of drug-likeness (QED) is 0.544. The van der Waals surface area contributed by atoms with Crippen molar-refractivity contribution < 1.29 is 18.3 Å². The molecule has 2 bridgehead atoms. The first-order valence-corrected chi connectivity index (χ1v) is 9.44. The van der Waals surface area contributed by atoms with Crippen molar-refractivity contribution in [3.05, 3.63) is 0 Å². The topological polar surface area (TPSA) is 113 Å². The van der Waals surface area contributed by atoms with E-state index in [1.165, 1.54) is 0 Å². The van der Waals surface area contributed by atoms with Crippen molar-refractivity contribution in [3.63, 3.8) is 0 Å². The van der Waals surface area contributed by atoms with Crippen molar-refractivity contribution in [2.75, 3.05) is 25.2 Å². The second-order valence-corrected chi connectivity index (χ2v) is 8.45. The molecule has 0 saturated carbocycles. The van der Waals surface area contributed by atoms with E-state index in [-0.39, 0.29) is 18.3 Å². The molecule has 2 saturated heterocycles. The Bertz CT molecular complexity index is 492. The Labute approximate surface area is 125 Å². The summed E-state index contributed by atoms with van der Waals surface area (Å²) in [7, 11) is -3.10. The molecular formula is C13H25N3O4S. The number of β-amino-alcohol motifs (C(OH)–C–C–N with tert-alkyl or cyclic N) is 1. The monoisotopic (exact) mass is 319 g/mol. The van der Waals surface area contributed by atoms with E-state index < -0.39 is 21.5 Å². The molecule has 0 spiro atoms.